The molecule has 1 aromatic rings. The highest BCUT2D eigenvalue weighted by molar-refractivity contribution is 5.70. The van der Waals surface area contributed by atoms with Gasteiger partial charge in [0.1, 0.15) is 23.5 Å². The van der Waals surface area contributed by atoms with Crippen LogP contribution in [0.4, 0.5) is 13.6 Å². The zero-order chi connectivity index (χ0) is 12.4. The Morgan fingerprint density at radius 1 is 1.47 bits per heavy atom. The summed E-state index contributed by atoms with van der Waals surface area (Å²) in [6.45, 7) is 2.35. The van der Waals surface area contributed by atoms with E-state index in [1.54, 1.807) is 6.92 Å². The first-order valence-corrected chi connectivity index (χ1v) is 5.10. The summed E-state index contributed by atoms with van der Waals surface area (Å²) in [5.41, 5.74) is 0. The van der Waals surface area contributed by atoms with Crippen LogP contribution in [0.2, 0.25) is 0 Å². The van der Waals surface area contributed by atoms with Gasteiger partial charge in [0.25, 0.3) is 0 Å². The van der Waals surface area contributed by atoms with Crippen molar-refractivity contribution < 1.29 is 23.0 Å². The van der Waals surface area contributed by atoms with E-state index in [1.165, 1.54) is 0 Å². The maximum atomic E-state index is 12.8. The molecule has 17 heavy (non-hydrogen) atoms. The molecule has 2 rings (SSSR count). The van der Waals surface area contributed by atoms with Gasteiger partial charge in [-0.3, -0.25) is 0 Å². The lowest BCUT2D eigenvalue weighted by atomic mass is 10.3. The third kappa shape index (κ3) is 3.39. The standard InChI is InChI=1S/C11H11F2NO3/c1-6(10-5-16-10)14-11(15)17-9-3-7(12)2-8(13)4-9/h2-4,6,10H,5H2,1H3,(H,14,15)/t6?,10-/m1/s1. The fourth-order valence-electron chi connectivity index (χ4n) is 1.35. The van der Waals surface area contributed by atoms with Gasteiger partial charge < -0.3 is 14.8 Å². The summed E-state index contributed by atoms with van der Waals surface area (Å²) in [7, 11) is 0. The van der Waals surface area contributed by atoms with Crippen molar-refractivity contribution in [3.63, 3.8) is 0 Å². The highest BCUT2D eigenvalue weighted by Gasteiger charge is 2.30. The van der Waals surface area contributed by atoms with Crippen LogP contribution < -0.4 is 10.1 Å². The molecular weight excluding hydrogens is 232 g/mol. The Morgan fingerprint density at radius 3 is 2.59 bits per heavy atom. The van der Waals surface area contributed by atoms with Gasteiger partial charge in [-0.15, -0.1) is 0 Å². The Hall–Kier alpha value is -1.69. The third-order valence-corrected chi connectivity index (χ3v) is 2.31. The Morgan fingerprint density at radius 2 is 2.06 bits per heavy atom. The van der Waals surface area contributed by atoms with Crippen molar-refractivity contribution in [3.8, 4) is 5.75 Å². The second kappa shape index (κ2) is 4.67. The monoisotopic (exact) mass is 243 g/mol. The van der Waals surface area contributed by atoms with E-state index >= 15 is 0 Å². The van der Waals surface area contributed by atoms with Crippen molar-refractivity contribution in [1.29, 1.82) is 0 Å². The highest BCUT2D eigenvalue weighted by Crippen LogP contribution is 2.16. The summed E-state index contributed by atoms with van der Waals surface area (Å²) >= 11 is 0. The summed E-state index contributed by atoms with van der Waals surface area (Å²) in [6, 6.07) is 2.37. The van der Waals surface area contributed by atoms with E-state index in [4.69, 9.17) is 9.47 Å². The van der Waals surface area contributed by atoms with Crippen molar-refractivity contribution in [1.82, 2.24) is 5.32 Å². The van der Waals surface area contributed by atoms with Crippen LogP contribution in [0.1, 0.15) is 6.92 Å². The topological polar surface area (TPSA) is 50.9 Å². The van der Waals surface area contributed by atoms with E-state index < -0.39 is 17.7 Å². The Balaban J connectivity index is 1.92. The van der Waals surface area contributed by atoms with Crippen LogP contribution in [0.25, 0.3) is 0 Å². The summed E-state index contributed by atoms with van der Waals surface area (Å²) in [5, 5.41) is 2.50. The molecular formula is C11H11F2NO3. The molecule has 1 unspecified atom stereocenters. The molecule has 4 nitrogen and oxygen atoms in total. The molecule has 0 aliphatic carbocycles. The predicted molar refractivity (Wildman–Crippen MR) is 54.7 cm³/mol. The number of carbonyl (C=O) groups excluding carboxylic acids is 1. The highest BCUT2D eigenvalue weighted by atomic mass is 19.1. The van der Waals surface area contributed by atoms with Gasteiger partial charge in [0.15, 0.2) is 0 Å². The van der Waals surface area contributed by atoms with Gasteiger partial charge in [-0.2, -0.15) is 0 Å². The van der Waals surface area contributed by atoms with Gasteiger partial charge in [-0.1, -0.05) is 0 Å². The zero-order valence-electron chi connectivity index (χ0n) is 9.07. The number of amides is 1. The van der Waals surface area contributed by atoms with Crippen molar-refractivity contribution in [2.45, 2.75) is 19.1 Å². The van der Waals surface area contributed by atoms with Crippen LogP contribution in [0.5, 0.6) is 5.75 Å². The van der Waals surface area contributed by atoms with E-state index in [-0.39, 0.29) is 17.9 Å². The minimum atomic E-state index is -0.800. The van der Waals surface area contributed by atoms with Crippen LogP contribution in [-0.2, 0) is 4.74 Å². The molecule has 6 heteroatoms. The number of epoxide rings is 1. The van der Waals surface area contributed by atoms with Crippen LogP contribution in [0.3, 0.4) is 0 Å². The van der Waals surface area contributed by atoms with Gasteiger partial charge in [-0.25, -0.2) is 13.6 Å². The zero-order valence-corrected chi connectivity index (χ0v) is 9.07. The summed E-state index contributed by atoms with van der Waals surface area (Å²) in [6.07, 6.45) is -0.773. The average Bonchev–Trinajstić information content (AvgIpc) is 2.97. The number of benzene rings is 1. The fraction of sp³-hybridized carbons (Fsp3) is 0.364. The number of ether oxygens (including phenoxy) is 2. The number of halogens is 2. The van der Waals surface area contributed by atoms with Crippen molar-refractivity contribution >= 4 is 6.09 Å². The summed E-state index contributed by atoms with van der Waals surface area (Å²) in [4.78, 5) is 11.3. The van der Waals surface area contributed by atoms with Gasteiger partial charge in [0.05, 0.1) is 12.6 Å². The van der Waals surface area contributed by atoms with Crippen LogP contribution in [0.15, 0.2) is 18.2 Å². The van der Waals surface area contributed by atoms with E-state index in [2.05, 4.69) is 5.32 Å². The lowest BCUT2D eigenvalue weighted by Crippen LogP contribution is -2.38. The second-order valence-electron chi connectivity index (χ2n) is 3.80. The van der Waals surface area contributed by atoms with Crippen LogP contribution in [-0.4, -0.2) is 24.8 Å². The van der Waals surface area contributed by atoms with Crippen LogP contribution in [0, 0.1) is 11.6 Å². The molecule has 0 aromatic heterocycles. The molecule has 0 saturated carbocycles. The second-order valence-corrected chi connectivity index (χ2v) is 3.80. The van der Waals surface area contributed by atoms with E-state index in [9.17, 15) is 13.6 Å². The number of hydrogen-bond acceptors (Lipinski definition) is 3. The Kier molecular flexibility index (Phi) is 3.23. The summed E-state index contributed by atoms with van der Waals surface area (Å²) < 4.78 is 35.3. The molecule has 1 N–H and O–H groups in total. The first-order valence-electron chi connectivity index (χ1n) is 5.10. The predicted octanol–water partition coefficient (Wildman–Crippen LogP) is 1.84. The lowest BCUT2D eigenvalue weighted by Gasteiger charge is -2.11. The molecule has 1 aromatic carbocycles. The van der Waals surface area contributed by atoms with E-state index in [1.807, 2.05) is 0 Å². The minimum absolute atomic E-state index is 0.00760. The molecule has 1 aliphatic heterocycles. The van der Waals surface area contributed by atoms with Gasteiger partial charge in [0.2, 0.25) is 0 Å². The molecule has 1 aliphatic rings. The van der Waals surface area contributed by atoms with Crippen molar-refractivity contribution in [2.24, 2.45) is 0 Å². The SMILES string of the molecule is CC(NC(=O)Oc1cc(F)cc(F)c1)[C@H]1CO1. The first-order chi connectivity index (χ1) is 8.04. The fourth-order valence-corrected chi connectivity index (χ4v) is 1.35. The number of carbonyl (C=O) groups is 1. The Bertz CT molecular complexity index is 414. The van der Waals surface area contributed by atoms with Crippen LogP contribution >= 0.6 is 0 Å². The number of nitrogens with one attached hydrogen (secondary N) is 1. The largest absolute Gasteiger partial charge is 0.412 e. The van der Waals surface area contributed by atoms with E-state index in [0.717, 1.165) is 12.1 Å². The molecule has 1 saturated heterocycles. The molecule has 1 heterocycles. The number of rotatable bonds is 3. The first kappa shape index (κ1) is 11.8. The maximum absolute atomic E-state index is 12.8. The molecule has 0 spiro atoms. The summed E-state index contributed by atoms with van der Waals surface area (Å²) in [5.74, 6) is -1.78. The molecule has 2 atom stereocenters. The maximum Gasteiger partial charge on any atom is 0.412 e. The third-order valence-electron chi connectivity index (χ3n) is 2.31. The normalized spacial score (nSPS) is 19.6. The van der Waals surface area contributed by atoms with E-state index in [0.29, 0.717) is 12.7 Å². The molecule has 1 amide bonds. The minimum Gasteiger partial charge on any atom is -0.410 e. The lowest BCUT2D eigenvalue weighted by molar-refractivity contribution is 0.193. The molecule has 1 fully saturated rings. The van der Waals surface area contributed by atoms with Crippen molar-refractivity contribution in [2.75, 3.05) is 6.61 Å². The molecule has 92 valence electrons. The smallest absolute Gasteiger partial charge is 0.410 e. The Labute approximate surface area is 96.5 Å². The molecule has 0 radical (unpaired) electrons. The number of hydrogen-bond donors (Lipinski definition) is 1. The van der Waals surface area contributed by atoms with Gasteiger partial charge in [0, 0.05) is 18.2 Å². The van der Waals surface area contributed by atoms with Gasteiger partial charge in [-0.05, 0) is 6.92 Å². The van der Waals surface area contributed by atoms with Gasteiger partial charge >= 0.3 is 6.09 Å². The molecule has 0 bridgehead atoms. The average molecular weight is 243 g/mol. The quantitative estimate of drug-likeness (QED) is 0.824. The van der Waals surface area contributed by atoms with Crippen molar-refractivity contribution in [3.05, 3.63) is 29.8 Å².